The number of anilines is 1. The van der Waals surface area contributed by atoms with Gasteiger partial charge in [0.25, 0.3) is 5.82 Å². The average molecular weight is 630 g/mol. The third-order valence-electron chi connectivity index (χ3n) is 5.66. The van der Waals surface area contributed by atoms with Gasteiger partial charge in [0.15, 0.2) is 24.0 Å². The summed E-state index contributed by atoms with van der Waals surface area (Å²) in [7, 11) is -11.5. The van der Waals surface area contributed by atoms with Crippen LogP contribution in [0.5, 0.6) is 0 Å². The Bertz CT molecular complexity index is 1580. The number of allylic oxidation sites excluding steroid dienone is 2. The average Bonchev–Trinajstić information content (AvgIpc) is 2.89. The third-order valence-corrected chi connectivity index (χ3v) is 8.42. The van der Waals surface area contributed by atoms with E-state index in [9.17, 15) is 52.8 Å². The summed E-state index contributed by atoms with van der Waals surface area (Å²) < 4.78 is 126. The van der Waals surface area contributed by atoms with Gasteiger partial charge in [-0.25, -0.2) is 0 Å². The lowest BCUT2D eigenvalue weighted by Crippen LogP contribution is -2.54. The molecule has 0 amide bonds. The summed E-state index contributed by atoms with van der Waals surface area (Å²) in [5.41, 5.74) is -11.4. The number of carbonyl (C=O) groups is 2. The minimum absolute atomic E-state index is 0.0621. The van der Waals surface area contributed by atoms with Crippen molar-refractivity contribution in [3.8, 4) is 0 Å². The summed E-state index contributed by atoms with van der Waals surface area (Å²) in [6.07, 6.45) is 5.68. The fourth-order valence-electron chi connectivity index (χ4n) is 3.31. The van der Waals surface area contributed by atoms with Gasteiger partial charge in [0.1, 0.15) is 6.20 Å². The lowest BCUT2D eigenvalue weighted by Gasteiger charge is -2.17. The second-order valence-electron chi connectivity index (χ2n) is 8.35. The zero-order valence-corrected chi connectivity index (χ0v) is 23.4. The molecule has 0 saturated carbocycles. The van der Waals surface area contributed by atoms with Gasteiger partial charge in [-0.15, -0.1) is 3.97 Å². The molecule has 2 rings (SSSR count). The first-order valence-electron chi connectivity index (χ1n) is 11.7. The number of hydrogen-bond acceptors (Lipinski definition) is 7. The van der Waals surface area contributed by atoms with Gasteiger partial charge in [0, 0.05) is 23.3 Å². The van der Waals surface area contributed by atoms with Gasteiger partial charge in [-0.3, -0.25) is 14.5 Å². The van der Waals surface area contributed by atoms with Gasteiger partial charge in [-0.1, -0.05) is 3.97 Å². The molecule has 0 spiro atoms. The molecule has 0 bridgehead atoms. The first-order chi connectivity index (χ1) is 18.8. The van der Waals surface area contributed by atoms with Crippen molar-refractivity contribution in [3.05, 3.63) is 66.1 Å². The zero-order chi connectivity index (χ0) is 31.4. The minimum Gasteiger partial charge on any atom is -0.294 e. The summed E-state index contributed by atoms with van der Waals surface area (Å²) in [6, 6.07) is 4.64. The highest BCUT2D eigenvalue weighted by Crippen LogP contribution is 2.24. The van der Waals surface area contributed by atoms with Gasteiger partial charge in [0.05, 0.1) is 19.0 Å². The summed E-state index contributed by atoms with van der Waals surface area (Å²) >= 11 is 0. The van der Waals surface area contributed by atoms with Crippen LogP contribution < -0.4 is 12.8 Å². The number of carbonyl (C=O) groups excluding carboxylic acids is 2. The molecule has 2 heterocycles. The lowest BCUT2D eigenvalue weighted by atomic mass is 9.99. The predicted molar refractivity (Wildman–Crippen MR) is 135 cm³/mol. The maximum absolute atomic E-state index is 13.3. The van der Waals surface area contributed by atoms with Gasteiger partial charge >= 0.3 is 31.1 Å². The van der Waals surface area contributed by atoms with Crippen molar-refractivity contribution in [2.75, 3.05) is 18.0 Å². The topological polar surface area (TPSA) is 113 Å². The maximum Gasteiger partial charge on any atom is 0.560 e. The molecule has 0 fully saturated rings. The second kappa shape index (κ2) is 12.5. The van der Waals surface area contributed by atoms with Crippen LogP contribution in [0.15, 0.2) is 55.0 Å². The van der Waals surface area contributed by atoms with Crippen LogP contribution in [0.1, 0.15) is 31.9 Å². The van der Waals surface area contributed by atoms with E-state index in [0.29, 0.717) is 18.6 Å². The molecule has 17 heteroatoms. The first-order valence-corrected chi connectivity index (χ1v) is 14.6. The fourth-order valence-corrected chi connectivity index (χ4v) is 4.95. The molecule has 9 nitrogen and oxygen atoms in total. The van der Waals surface area contributed by atoms with E-state index in [4.69, 9.17) is 0 Å². The molecule has 0 aliphatic heterocycles. The molecule has 0 aromatic carbocycles. The molecular weight excluding hydrogens is 604 g/mol. The normalized spacial score (nSPS) is 14.0. The Morgan fingerprint density at radius 2 is 1.32 bits per heavy atom. The number of halogens is 6. The maximum atomic E-state index is 13.3. The van der Waals surface area contributed by atoms with Crippen LogP contribution >= 0.6 is 0 Å². The molecule has 1 unspecified atom stereocenters. The van der Waals surface area contributed by atoms with E-state index < -0.39 is 48.5 Å². The summed E-state index contributed by atoms with van der Waals surface area (Å²) in [6.45, 7) is 4.83. The van der Waals surface area contributed by atoms with Crippen molar-refractivity contribution in [1.29, 1.82) is 0 Å². The number of hydrogen-bond donors (Lipinski definition) is 0. The highest BCUT2D eigenvalue weighted by molar-refractivity contribution is 7.86. The van der Waals surface area contributed by atoms with Gasteiger partial charge in [-0.2, -0.15) is 43.2 Å². The largest absolute Gasteiger partial charge is 0.560 e. The number of aromatic nitrogens is 2. The number of nitrogens with zero attached hydrogens (tertiary/aromatic N) is 3. The van der Waals surface area contributed by atoms with Crippen LogP contribution in [0.2, 0.25) is 0 Å². The number of ketones is 2. The smallest absolute Gasteiger partial charge is 0.294 e. The molecular formula is C24H25F6N3O6S2+2. The molecule has 0 aliphatic rings. The summed E-state index contributed by atoms with van der Waals surface area (Å²) in [5.74, 6) is -3.24. The van der Waals surface area contributed by atoms with E-state index in [1.54, 1.807) is 13.8 Å². The monoisotopic (exact) mass is 629 g/mol. The molecule has 1 atom stereocenters. The first kappa shape index (κ1) is 33.6. The van der Waals surface area contributed by atoms with Crippen LogP contribution in [0.3, 0.4) is 0 Å². The number of rotatable bonds is 11. The van der Waals surface area contributed by atoms with E-state index in [1.165, 1.54) is 24.0 Å². The summed E-state index contributed by atoms with van der Waals surface area (Å²) in [4.78, 5) is 26.3. The van der Waals surface area contributed by atoms with Crippen molar-refractivity contribution in [2.45, 2.75) is 31.8 Å². The van der Waals surface area contributed by atoms with Crippen LogP contribution in [-0.2, 0) is 29.6 Å². The third kappa shape index (κ3) is 7.58. The van der Waals surface area contributed by atoms with Crippen molar-refractivity contribution in [2.24, 2.45) is 5.92 Å². The SMILES string of the molecule is CCN(CC)c1ccc(/C=C/C(=O)C(C)C(=O)/C=C/c2ccc[n+](S(=O)(=O)C(F)(F)F)c2)c[n+]1S(=O)(=O)C(F)(F)F. The Balaban J connectivity index is 2.30. The standard InChI is InChI=1S/C24H25F6N3O6S2/c1-4-31(5-2)22-13-10-19(16-33(22)41(38,39)24(28,29)30)9-12-21(35)17(3)20(34)11-8-18-7-6-14-32(15-18)40(36,37)23(25,26)27/h6-17H,4-5H2,1-3H3/q+2/b11-8+,12-9+. The molecule has 2 aromatic heterocycles. The Hall–Kier alpha value is -3.60. The Morgan fingerprint density at radius 1 is 0.829 bits per heavy atom. The molecule has 41 heavy (non-hydrogen) atoms. The minimum atomic E-state index is -5.83. The zero-order valence-electron chi connectivity index (χ0n) is 21.7. The van der Waals surface area contributed by atoms with Crippen molar-refractivity contribution in [3.63, 3.8) is 0 Å². The van der Waals surface area contributed by atoms with Crippen molar-refractivity contribution >= 4 is 49.6 Å². The Kier molecular flexibility index (Phi) is 10.2. The molecule has 0 saturated heterocycles. The number of pyridine rings is 2. The van der Waals surface area contributed by atoms with Gasteiger partial charge in [0.2, 0.25) is 0 Å². The van der Waals surface area contributed by atoms with Crippen LogP contribution in [0.4, 0.5) is 32.2 Å². The van der Waals surface area contributed by atoms with Gasteiger partial charge in [-0.05, 0) is 57.2 Å². The molecule has 224 valence electrons. The highest BCUT2D eigenvalue weighted by atomic mass is 32.2. The van der Waals surface area contributed by atoms with E-state index in [0.717, 1.165) is 36.4 Å². The molecule has 0 N–H and O–H groups in total. The Labute approximate surface area is 232 Å². The summed E-state index contributed by atoms with van der Waals surface area (Å²) in [5, 5.41) is 0. The van der Waals surface area contributed by atoms with Crippen LogP contribution in [-0.4, -0.2) is 52.5 Å². The fraction of sp³-hybridized carbons (Fsp3) is 0.333. The second-order valence-corrected chi connectivity index (χ2v) is 12.0. The van der Waals surface area contributed by atoms with Crippen molar-refractivity contribution in [1.82, 2.24) is 0 Å². The quantitative estimate of drug-likeness (QED) is 0.163. The number of alkyl halides is 6. The Morgan fingerprint density at radius 3 is 1.78 bits per heavy atom. The van der Waals surface area contributed by atoms with Crippen molar-refractivity contribution < 1.29 is 60.7 Å². The van der Waals surface area contributed by atoms with Gasteiger partial charge < -0.3 is 0 Å². The van der Waals surface area contributed by atoms with E-state index in [-0.39, 0.29) is 38.0 Å². The van der Waals surface area contributed by atoms with Crippen LogP contribution in [0.25, 0.3) is 12.2 Å². The predicted octanol–water partition coefficient (Wildman–Crippen LogP) is 3.00. The molecule has 2 aromatic rings. The van der Waals surface area contributed by atoms with E-state index >= 15 is 0 Å². The molecule has 0 radical (unpaired) electrons. The van der Waals surface area contributed by atoms with E-state index in [1.807, 2.05) is 0 Å². The van der Waals surface area contributed by atoms with Crippen LogP contribution in [0, 0.1) is 5.92 Å². The molecule has 0 aliphatic carbocycles. The lowest BCUT2D eigenvalue weighted by molar-refractivity contribution is -0.518. The van der Waals surface area contributed by atoms with E-state index in [2.05, 4.69) is 0 Å². The highest BCUT2D eigenvalue weighted by Gasteiger charge is 2.54.